The van der Waals surface area contributed by atoms with Gasteiger partial charge < -0.3 is 25.5 Å². The van der Waals surface area contributed by atoms with E-state index in [0.29, 0.717) is 43.9 Å². The number of allylic oxidation sites excluding steroid dienone is 4. The lowest BCUT2D eigenvalue weighted by Gasteiger charge is -2.36. The second-order valence-electron chi connectivity index (χ2n) is 9.20. The lowest BCUT2D eigenvalue weighted by atomic mass is 10.0. The summed E-state index contributed by atoms with van der Waals surface area (Å²) < 4.78 is 0. The summed E-state index contributed by atoms with van der Waals surface area (Å²) in [5.74, 6) is 0.0268. The van der Waals surface area contributed by atoms with Gasteiger partial charge in [-0.1, -0.05) is 47.0 Å². The third-order valence-electron chi connectivity index (χ3n) is 6.54. The van der Waals surface area contributed by atoms with Crippen LogP contribution in [0.5, 0.6) is 0 Å². The first kappa shape index (κ1) is 27.0. The van der Waals surface area contributed by atoms with Crippen LogP contribution in [0.2, 0.25) is 10.0 Å². The predicted octanol–water partition coefficient (Wildman–Crippen LogP) is 6.23. The fourth-order valence-electron chi connectivity index (χ4n) is 4.48. The molecule has 1 saturated heterocycles. The van der Waals surface area contributed by atoms with E-state index in [1.54, 1.807) is 17.0 Å². The van der Waals surface area contributed by atoms with E-state index in [-0.39, 0.29) is 28.6 Å². The molecule has 2 aromatic rings. The molecule has 0 bridgehead atoms. The van der Waals surface area contributed by atoms with Crippen molar-refractivity contribution >= 4 is 52.2 Å². The molecule has 3 N–H and O–H groups in total. The van der Waals surface area contributed by atoms with E-state index in [1.807, 2.05) is 24.3 Å². The number of urea groups is 1. The topological polar surface area (TPSA) is 84.9 Å². The van der Waals surface area contributed by atoms with Crippen LogP contribution < -0.4 is 15.5 Å². The summed E-state index contributed by atoms with van der Waals surface area (Å²) in [4.78, 5) is 29.0. The third-order valence-corrected chi connectivity index (χ3v) is 7.14. The summed E-state index contributed by atoms with van der Waals surface area (Å²) in [6, 6.07) is 10.7. The van der Waals surface area contributed by atoms with E-state index in [2.05, 4.69) is 33.8 Å². The Hall–Kier alpha value is -3.00. The molecule has 196 valence electrons. The zero-order valence-corrected chi connectivity index (χ0v) is 22.2. The summed E-state index contributed by atoms with van der Waals surface area (Å²) in [6.07, 6.45) is 11.1. The van der Waals surface area contributed by atoms with E-state index in [0.717, 1.165) is 37.1 Å². The molecule has 9 heteroatoms. The van der Waals surface area contributed by atoms with Gasteiger partial charge in [-0.2, -0.15) is 0 Å². The molecule has 0 atom stereocenters. The molecule has 7 nitrogen and oxygen atoms in total. The van der Waals surface area contributed by atoms with Crippen LogP contribution in [0.25, 0.3) is 0 Å². The second-order valence-corrected chi connectivity index (χ2v) is 10.0. The second kappa shape index (κ2) is 13.0. The number of aliphatic hydroxyl groups is 1. The van der Waals surface area contributed by atoms with Gasteiger partial charge >= 0.3 is 6.03 Å². The molecule has 4 rings (SSSR count). The molecule has 3 amide bonds. The molecule has 0 saturated carbocycles. The number of piperazine rings is 1. The lowest BCUT2D eigenvalue weighted by Crippen LogP contribution is -2.50. The van der Waals surface area contributed by atoms with Crippen molar-refractivity contribution in [2.45, 2.75) is 38.7 Å². The van der Waals surface area contributed by atoms with Crippen LogP contribution in [-0.4, -0.2) is 48.1 Å². The Balaban J connectivity index is 1.22. The maximum atomic E-state index is 12.8. The van der Waals surface area contributed by atoms with Gasteiger partial charge in [-0.15, -0.1) is 0 Å². The summed E-state index contributed by atoms with van der Waals surface area (Å²) in [5, 5.41) is 15.6. The number of aliphatic hydroxyl groups excluding tert-OH is 1. The molecular formula is C28H32Cl2N4O3. The monoisotopic (exact) mass is 542 g/mol. The van der Waals surface area contributed by atoms with Gasteiger partial charge in [0.05, 0.1) is 22.3 Å². The number of nitrogens with one attached hydrogen (secondary N) is 2. The molecule has 1 heterocycles. The van der Waals surface area contributed by atoms with Gasteiger partial charge in [-0.25, -0.2) is 4.79 Å². The molecule has 1 aliphatic carbocycles. The SMILES string of the molecule is O=C(CCCC1=CCCC=C1)Nc1ccc(N2CCN(C(=O)Nc3c(Cl)cc(CO)cc3Cl)CC2)cc1. The number of carbonyl (C=O) groups excluding carboxylic acids is 2. The lowest BCUT2D eigenvalue weighted by molar-refractivity contribution is -0.116. The van der Waals surface area contributed by atoms with Crippen LogP contribution in [0, 0.1) is 0 Å². The van der Waals surface area contributed by atoms with Crippen LogP contribution in [-0.2, 0) is 11.4 Å². The average Bonchev–Trinajstić information content (AvgIpc) is 2.91. The van der Waals surface area contributed by atoms with E-state index >= 15 is 0 Å². The summed E-state index contributed by atoms with van der Waals surface area (Å²) in [5.41, 5.74) is 4.07. The van der Waals surface area contributed by atoms with Gasteiger partial charge in [-0.05, 0) is 67.6 Å². The van der Waals surface area contributed by atoms with Gasteiger partial charge in [0.1, 0.15) is 0 Å². The van der Waals surface area contributed by atoms with Crippen molar-refractivity contribution < 1.29 is 14.7 Å². The highest BCUT2D eigenvalue weighted by Crippen LogP contribution is 2.32. The quantitative estimate of drug-likeness (QED) is 0.369. The Kier molecular flexibility index (Phi) is 9.50. The number of rotatable bonds is 8. The van der Waals surface area contributed by atoms with E-state index in [1.165, 1.54) is 5.57 Å². The smallest absolute Gasteiger partial charge is 0.322 e. The van der Waals surface area contributed by atoms with Crippen molar-refractivity contribution in [2.24, 2.45) is 0 Å². The number of nitrogens with zero attached hydrogens (tertiary/aromatic N) is 2. The Bertz CT molecular complexity index is 1150. The maximum Gasteiger partial charge on any atom is 0.322 e. The first-order valence-electron chi connectivity index (χ1n) is 12.6. The molecule has 0 unspecified atom stereocenters. The molecule has 0 radical (unpaired) electrons. The average molecular weight is 543 g/mol. The summed E-state index contributed by atoms with van der Waals surface area (Å²) >= 11 is 12.5. The molecule has 2 aliphatic rings. The zero-order valence-electron chi connectivity index (χ0n) is 20.7. The van der Waals surface area contributed by atoms with Crippen molar-refractivity contribution in [3.05, 3.63) is 75.8 Å². The number of carbonyl (C=O) groups is 2. The number of hydrogen-bond donors (Lipinski definition) is 3. The molecule has 2 aromatic carbocycles. The van der Waals surface area contributed by atoms with Crippen molar-refractivity contribution in [1.29, 1.82) is 0 Å². The standard InChI is InChI=1S/C28H32Cl2N4O3/c29-24-17-21(19-35)18-25(30)27(24)32-28(37)34-15-13-33(14-16-34)23-11-9-22(10-12-23)31-26(36)8-4-7-20-5-2-1-3-6-20/h2,5-6,9-12,17-18,35H,1,3-4,7-8,13-16,19H2,(H,31,36)(H,32,37). The number of hydrogen-bond acceptors (Lipinski definition) is 4. The molecule has 0 spiro atoms. The Morgan fingerprint density at radius 3 is 2.27 bits per heavy atom. The van der Waals surface area contributed by atoms with Gasteiger partial charge in [0, 0.05) is 44.0 Å². The summed E-state index contributed by atoms with van der Waals surface area (Å²) in [6.45, 7) is 2.25. The minimum atomic E-state index is -0.269. The Labute approximate surface area is 227 Å². The van der Waals surface area contributed by atoms with Gasteiger partial charge in [0.25, 0.3) is 0 Å². The number of amides is 3. The van der Waals surface area contributed by atoms with Crippen LogP contribution in [0.1, 0.15) is 37.7 Å². The molecule has 1 fully saturated rings. The minimum absolute atomic E-state index is 0.0268. The molecule has 0 aromatic heterocycles. The van der Waals surface area contributed by atoms with Crippen LogP contribution in [0.15, 0.2) is 60.2 Å². The normalized spacial score (nSPS) is 15.4. The largest absolute Gasteiger partial charge is 0.392 e. The van der Waals surface area contributed by atoms with Crippen molar-refractivity contribution in [3.63, 3.8) is 0 Å². The Morgan fingerprint density at radius 2 is 1.65 bits per heavy atom. The van der Waals surface area contributed by atoms with Crippen molar-refractivity contribution in [2.75, 3.05) is 41.7 Å². The van der Waals surface area contributed by atoms with E-state index < -0.39 is 0 Å². The van der Waals surface area contributed by atoms with Crippen LogP contribution in [0.3, 0.4) is 0 Å². The zero-order chi connectivity index (χ0) is 26.2. The highest BCUT2D eigenvalue weighted by atomic mass is 35.5. The first-order chi connectivity index (χ1) is 17.9. The van der Waals surface area contributed by atoms with E-state index in [9.17, 15) is 14.7 Å². The Morgan fingerprint density at radius 1 is 0.946 bits per heavy atom. The van der Waals surface area contributed by atoms with Crippen LogP contribution in [0.4, 0.5) is 21.9 Å². The maximum absolute atomic E-state index is 12.8. The highest BCUT2D eigenvalue weighted by molar-refractivity contribution is 6.39. The third kappa shape index (κ3) is 7.51. The van der Waals surface area contributed by atoms with Gasteiger partial charge in [0.2, 0.25) is 5.91 Å². The van der Waals surface area contributed by atoms with E-state index in [4.69, 9.17) is 23.2 Å². The predicted molar refractivity (Wildman–Crippen MR) is 151 cm³/mol. The van der Waals surface area contributed by atoms with Gasteiger partial charge in [-0.3, -0.25) is 4.79 Å². The fourth-order valence-corrected chi connectivity index (χ4v) is 5.10. The first-order valence-corrected chi connectivity index (χ1v) is 13.3. The van der Waals surface area contributed by atoms with Crippen LogP contribution >= 0.6 is 23.2 Å². The van der Waals surface area contributed by atoms with Gasteiger partial charge in [0.15, 0.2) is 0 Å². The number of benzene rings is 2. The molecule has 1 aliphatic heterocycles. The number of anilines is 3. The molecule has 37 heavy (non-hydrogen) atoms. The highest BCUT2D eigenvalue weighted by Gasteiger charge is 2.23. The fraction of sp³-hybridized carbons (Fsp3) is 0.357. The van der Waals surface area contributed by atoms with Crippen molar-refractivity contribution in [1.82, 2.24) is 4.90 Å². The van der Waals surface area contributed by atoms with Crippen molar-refractivity contribution in [3.8, 4) is 0 Å². The summed E-state index contributed by atoms with van der Waals surface area (Å²) in [7, 11) is 0. The molecular weight excluding hydrogens is 511 g/mol. The number of halogens is 2. The minimum Gasteiger partial charge on any atom is -0.392 e.